The first-order chi connectivity index (χ1) is 17.3. The number of esters is 1. The highest BCUT2D eigenvalue weighted by molar-refractivity contribution is 6.35. The first-order valence-electron chi connectivity index (χ1n) is 10.9. The molecule has 0 saturated carbocycles. The molecule has 3 aromatic rings. The lowest BCUT2D eigenvalue weighted by molar-refractivity contribution is -0.154. The molecule has 1 amide bonds. The molecule has 1 atom stereocenters. The summed E-state index contributed by atoms with van der Waals surface area (Å²) in [4.78, 5) is 30.9. The van der Waals surface area contributed by atoms with Crippen molar-refractivity contribution in [2.75, 3.05) is 19.8 Å². The summed E-state index contributed by atoms with van der Waals surface area (Å²) in [6.07, 6.45) is 1.33. The molecule has 12 heteroatoms. The maximum Gasteiger partial charge on any atom is 0.336 e. The van der Waals surface area contributed by atoms with Gasteiger partial charge < -0.3 is 14.7 Å². The van der Waals surface area contributed by atoms with Crippen molar-refractivity contribution < 1.29 is 24.3 Å². The minimum Gasteiger partial charge on any atom is -0.464 e. The number of ether oxygens (including phenoxy) is 1. The standard InChI is InChI=1S/C24H25Cl2N5O5/c1-3-11-36-31-14-21(27-29-31)23(33)28-30(15-22(32)24(34)35-4-2)13-16-5-7-17(8-6-16)19-12-18(25)9-10-20(19)26/h3,5-10,12,14,22,32H,1,4,11,13,15H2,2H3,(H,28,33)/t22-/m1/s1. The van der Waals surface area contributed by atoms with Gasteiger partial charge in [0.05, 0.1) is 13.2 Å². The Kier molecular flexibility index (Phi) is 9.83. The van der Waals surface area contributed by atoms with Crippen molar-refractivity contribution in [3.63, 3.8) is 0 Å². The molecule has 0 saturated heterocycles. The Morgan fingerprint density at radius 3 is 2.69 bits per heavy atom. The number of nitrogens with one attached hydrogen (secondary N) is 1. The fourth-order valence-corrected chi connectivity index (χ4v) is 3.54. The lowest BCUT2D eigenvalue weighted by Crippen LogP contribution is -2.47. The van der Waals surface area contributed by atoms with Gasteiger partial charge in [-0.05, 0) is 41.5 Å². The molecular formula is C24H25Cl2N5O5. The zero-order valence-electron chi connectivity index (χ0n) is 19.4. The minimum absolute atomic E-state index is 0.0272. The number of carbonyl (C=O) groups is 2. The SMILES string of the molecule is C=CCOn1cc(C(=O)NN(Cc2ccc(-c3cc(Cl)ccc3Cl)cc2)C[C@@H](O)C(=O)OCC)nn1. The van der Waals surface area contributed by atoms with Crippen molar-refractivity contribution in [3.8, 4) is 11.1 Å². The van der Waals surface area contributed by atoms with Gasteiger partial charge in [-0.2, -0.15) is 0 Å². The number of aromatic nitrogens is 3. The van der Waals surface area contributed by atoms with E-state index in [-0.39, 0.29) is 32.0 Å². The highest BCUT2D eigenvalue weighted by Crippen LogP contribution is 2.30. The molecule has 0 aliphatic heterocycles. The van der Waals surface area contributed by atoms with E-state index in [1.165, 1.54) is 17.3 Å². The van der Waals surface area contributed by atoms with Crippen LogP contribution in [0.5, 0.6) is 0 Å². The van der Waals surface area contributed by atoms with Crippen LogP contribution in [-0.2, 0) is 16.1 Å². The van der Waals surface area contributed by atoms with E-state index in [1.54, 1.807) is 25.1 Å². The predicted octanol–water partition coefficient (Wildman–Crippen LogP) is 2.94. The third kappa shape index (κ3) is 7.53. The Hall–Kier alpha value is -3.44. The number of nitrogens with zero attached hydrogens (tertiary/aromatic N) is 4. The van der Waals surface area contributed by atoms with E-state index in [0.29, 0.717) is 10.0 Å². The largest absolute Gasteiger partial charge is 0.464 e. The van der Waals surface area contributed by atoms with E-state index in [9.17, 15) is 14.7 Å². The number of amides is 1. The summed E-state index contributed by atoms with van der Waals surface area (Å²) in [7, 11) is 0. The summed E-state index contributed by atoms with van der Waals surface area (Å²) in [5.41, 5.74) is 5.02. The van der Waals surface area contributed by atoms with E-state index in [0.717, 1.165) is 21.5 Å². The van der Waals surface area contributed by atoms with Crippen molar-refractivity contribution in [1.82, 2.24) is 25.6 Å². The molecule has 0 spiro atoms. The molecule has 10 nitrogen and oxygen atoms in total. The molecule has 0 aliphatic rings. The van der Waals surface area contributed by atoms with Crippen molar-refractivity contribution >= 4 is 35.1 Å². The summed E-state index contributed by atoms with van der Waals surface area (Å²) in [5, 5.41) is 20.3. The van der Waals surface area contributed by atoms with Crippen LogP contribution in [0.2, 0.25) is 10.0 Å². The quantitative estimate of drug-likeness (QED) is 0.207. The van der Waals surface area contributed by atoms with Gasteiger partial charge in [0.25, 0.3) is 5.91 Å². The van der Waals surface area contributed by atoms with Crippen LogP contribution in [0.4, 0.5) is 0 Å². The summed E-state index contributed by atoms with van der Waals surface area (Å²) >= 11 is 12.4. The fraction of sp³-hybridized carbons (Fsp3) is 0.250. The van der Waals surface area contributed by atoms with Crippen LogP contribution in [0, 0.1) is 0 Å². The number of hydrogen-bond acceptors (Lipinski definition) is 8. The molecule has 2 aromatic carbocycles. The van der Waals surface area contributed by atoms with Crippen LogP contribution in [0.15, 0.2) is 61.3 Å². The molecule has 0 unspecified atom stereocenters. The lowest BCUT2D eigenvalue weighted by Gasteiger charge is -2.24. The van der Waals surface area contributed by atoms with Crippen molar-refractivity contribution in [1.29, 1.82) is 0 Å². The van der Waals surface area contributed by atoms with Crippen LogP contribution in [-0.4, -0.2) is 63.0 Å². The van der Waals surface area contributed by atoms with E-state index >= 15 is 0 Å². The second-order valence-electron chi connectivity index (χ2n) is 7.50. The summed E-state index contributed by atoms with van der Waals surface area (Å²) < 4.78 is 4.87. The molecular weight excluding hydrogens is 509 g/mol. The van der Waals surface area contributed by atoms with Gasteiger partial charge in [-0.3, -0.25) is 10.2 Å². The number of halogens is 2. The summed E-state index contributed by atoms with van der Waals surface area (Å²) in [5.74, 6) is -1.41. The van der Waals surface area contributed by atoms with Gasteiger partial charge in [-0.25, -0.2) is 9.80 Å². The topological polar surface area (TPSA) is 119 Å². The molecule has 36 heavy (non-hydrogen) atoms. The van der Waals surface area contributed by atoms with E-state index in [4.69, 9.17) is 32.8 Å². The number of hydrogen-bond donors (Lipinski definition) is 2. The van der Waals surface area contributed by atoms with Gasteiger partial charge in [-0.15, -0.1) is 5.10 Å². The van der Waals surface area contributed by atoms with Crippen LogP contribution >= 0.6 is 23.2 Å². The number of aliphatic hydroxyl groups excluding tert-OH is 1. The van der Waals surface area contributed by atoms with Gasteiger partial charge in [0.1, 0.15) is 12.8 Å². The van der Waals surface area contributed by atoms with E-state index < -0.39 is 18.0 Å². The zero-order valence-corrected chi connectivity index (χ0v) is 20.9. The average Bonchev–Trinajstić information content (AvgIpc) is 3.34. The van der Waals surface area contributed by atoms with Crippen molar-refractivity contribution in [2.45, 2.75) is 19.6 Å². The Morgan fingerprint density at radius 1 is 1.25 bits per heavy atom. The lowest BCUT2D eigenvalue weighted by atomic mass is 10.0. The van der Waals surface area contributed by atoms with Crippen LogP contribution in [0.3, 0.4) is 0 Å². The van der Waals surface area contributed by atoms with Gasteiger partial charge in [0, 0.05) is 22.2 Å². The Balaban J connectivity index is 1.76. The first kappa shape index (κ1) is 27.2. The molecule has 1 heterocycles. The molecule has 190 valence electrons. The molecule has 0 aliphatic carbocycles. The predicted molar refractivity (Wildman–Crippen MR) is 134 cm³/mol. The van der Waals surface area contributed by atoms with Crippen molar-refractivity contribution in [3.05, 3.63) is 82.6 Å². The van der Waals surface area contributed by atoms with E-state index in [1.807, 2.05) is 24.3 Å². The van der Waals surface area contributed by atoms with Crippen LogP contribution in [0.1, 0.15) is 23.0 Å². The van der Waals surface area contributed by atoms with Gasteiger partial charge in [-0.1, -0.05) is 65.0 Å². The van der Waals surface area contributed by atoms with E-state index in [2.05, 4.69) is 22.3 Å². The molecule has 3 rings (SSSR count). The molecule has 0 bridgehead atoms. The van der Waals surface area contributed by atoms with Gasteiger partial charge in [0.2, 0.25) is 0 Å². The summed E-state index contributed by atoms with van der Waals surface area (Å²) in [6, 6.07) is 12.6. The van der Waals surface area contributed by atoms with Crippen LogP contribution in [0.25, 0.3) is 11.1 Å². The zero-order chi connectivity index (χ0) is 26.1. The first-order valence-corrected chi connectivity index (χ1v) is 11.7. The second kappa shape index (κ2) is 13.0. The molecule has 1 aromatic heterocycles. The van der Waals surface area contributed by atoms with Crippen LogP contribution < -0.4 is 10.3 Å². The number of hydrazine groups is 1. The van der Waals surface area contributed by atoms with Gasteiger partial charge >= 0.3 is 5.97 Å². The molecule has 2 N–H and O–H groups in total. The Morgan fingerprint density at radius 2 is 2.00 bits per heavy atom. The highest BCUT2D eigenvalue weighted by Gasteiger charge is 2.23. The van der Waals surface area contributed by atoms with Gasteiger partial charge in [0.15, 0.2) is 11.8 Å². The average molecular weight is 534 g/mol. The third-order valence-corrected chi connectivity index (χ3v) is 5.37. The number of carbonyl (C=O) groups excluding carboxylic acids is 2. The monoisotopic (exact) mass is 533 g/mol. The normalized spacial score (nSPS) is 11.7. The van der Waals surface area contributed by atoms with Crippen molar-refractivity contribution in [2.24, 2.45) is 0 Å². The minimum atomic E-state index is -1.48. The third-order valence-electron chi connectivity index (χ3n) is 4.81. The summed E-state index contributed by atoms with van der Waals surface area (Å²) in [6.45, 7) is 5.40. The number of benzene rings is 2. The Bertz CT molecular complexity index is 1200. The number of aliphatic hydroxyl groups is 1. The maximum atomic E-state index is 12.7. The smallest absolute Gasteiger partial charge is 0.336 e. The number of rotatable bonds is 12. The Labute approximate surface area is 217 Å². The molecule has 0 radical (unpaired) electrons. The second-order valence-corrected chi connectivity index (χ2v) is 8.34. The molecule has 0 fully saturated rings. The highest BCUT2D eigenvalue weighted by atomic mass is 35.5. The maximum absolute atomic E-state index is 12.7. The fourth-order valence-electron chi connectivity index (χ4n) is 3.15.